The molecule has 1 fully saturated rings. The second-order valence-corrected chi connectivity index (χ2v) is 5.06. The molecule has 0 spiro atoms. The molecule has 2 nitrogen and oxygen atoms in total. The fraction of sp³-hybridized carbons (Fsp3) is 0.500. The third-order valence-electron chi connectivity index (χ3n) is 3.12. The first-order valence-corrected chi connectivity index (χ1v) is 6.23. The molecule has 0 amide bonds. The van der Waals surface area contributed by atoms with Gasteiger partial charge in [0.1, 0.15) is 0 Å². The van der Waals surface area contributed by atoms with Crippen molar-refractivity contribution in [2.75, 3.05) is 18.0 Å². The predicted molar refractivity (Wildman–Crippen MR) is 68.3 cm³/mol. The van der Waals surface area contributed by atoms with Crippen molar-refractivity contribution in [1.29, 1.82) is 0 Å². The summed E-state index contributed by atoms with van der Waals surface area (Å²) >= 11 is 3.57. The summed E-state index contributed by atoms with van der Waals surface area (Å²) in [6.07, 6.45) is 2.21. The molecule has 0 atom stereocenters. The van der Waals surface area contributed by atoms with Gasteiger partial charge in [-0.05, 0) is 37.5 Å². The number of rotatable bonds is 1. The largest absolute Gasteiger partial charge is 0.371 e. The van der Waals surface area contributed by atoms with Crippen LogP contribution < -0.4 is 10.6 Å². The average molecular weight is 269 g/mol. The maximum absolute atomic E-state index is 5.91. The van der Waals surface area contributed by atoms with Gasteiger partial charge in [-0.3, -0.25) is 0 Å². The van der Waals surface area contributed by atoms with Crippen LogP contribution in [0.4, 0.5) is 5.69 Å². The van der Waals surface area contributed by atoms with E-state index in [1.54, 1.807) is 0 Å². The van der Waals surface area contributed by atoms with Crippen LogP contribution >= 0.6 is 15.9 Å². The standard InChI is InChI=1S/C12H17BrN2/c1-9-11(13)3-2-4-12(9)15-7-5-10(14)6-8-15/h2-4,10H,5-8,14H2,1H3. The molecule has 0 aliphatic carbocycles. The fourth-order valence-corrected chi connectivity index (χ4v) is 2.43. The van der Waals surface area contributed by atoms with E-state index in [1.165, 1.54) is 15.7 Å². The van der Waals surface area contributed by atoms with Crippen molar-refractivity contribution in [2.45, 2.75) is 25.8 Å². The topological polar surface area (TPSA) is 29.3 Å². The van der Waals surface area contributed by atoms with Crippen molar-refractivity contribution in [3.63, 3.8) is 0 Å². The van der Waals surface area contributed by atoms with Gasteiger partial charge >= 0.3 is 0 Å². The van der Waals surface area contributed by atoms with E-state index < -0.39 is 0 Å². The van der Waals surface area contributed by atoms with Crippen molar-refractivity contribution in [3.05, 3.63) is 28.2 Å². The number of nitrogens with zero attached hydrogens (tertiary/aromatic N) is 1. The van der Waals surface area contributed by atoms with Crippen LogP contribution in [0, 0.1) is 6.92 Å². The van der Waals surface area contributed by atoms with Gasteiger partial charge in [0, 0.05) is 29.3 Å². The Morgan fingerprint density at radius 1 is 1.33 bits per heavy atom. The van der Waals surface area contributed by atoms with Gasteiger partial charge in [0.25, 0.3) is 0 Å². The Bertz CT molecular complexity index is 343. The Morgan fingerprint density at radius 3 is 2.67 bits per heavy atom. The number of hydrogen-bond acceptors (Lipinski definition) is 2. The first-order chi connectivity index (χ1) is 7.18. The molecule has 0 unspecified atom stereocenters. The number of nitrogens with two attached hydrogens (primary N) is 1. The van der Waals surface area contributed by atoms with E-state index in [-0.39, 0.29) is 0 Å². The Hall–Kier alpha value is -0.540. The van der Waals surface area contributed by atoms with Crippen LogP contribution in [0.2, 0.25) is 0 Å². The zero-order valence-corrected chi connectivity index (χ0v) is 10.6. The molecule has 3 heteroatoms. The van der Waals surface area contributed by atoms with Crippen LogP contribution in [0.3, 0.4) is 0 Å². The van der Waals surface area contributed by atoms with Crippen LogP contribution in [-0.2, 0) is 0 Å². The molecule has 1 aliphatic rings. The molecular weight excluding hydrogens is 252 g/mol. The minimum absolute atomic E-state index is 0.397. The molecule has 15 heavy (non-hydrogen) atoms. The third kappa shape index (κ3) is 2.34. The van der Waals surface area contributed by atoms with Crippen LogP contribution in [-0.4, -0.2) is 19.1 Å². The number of hydrogen-bond donors (Lipinski definition) is 1. The molecule has 1 aromatic carbocycles. The highest BCUT2D eigenvalue weighted by Crippen LogP contribution is 2.28. The molecule has 0 aromatic heterocycles. The first-order valence-electron chi connectivity index (χ1n) is 5.44. The van der Waals surface area contributed by atoms with Crippen LogP contribution in [0.25, 0.3) is 0 Å². The number of piperidine rings is 1. The highest BCUT2D eigenvalue weighted by atomic mass is 79.9. The highest BCUT2D eigenvalue weighted by molar-refractivity contribution is 9.10. The second kappa shape index (κ2) is 4.54. The van der Waals surface area contributed by atoms with Crippen LogP contribution in [0.15, 0.2) is 22.7 Å². The second-order valence-electron chi connectivity index (χ2n) is 4.21. The van der Waals surface area contributed by atoms with Gasteiger partial charge < -0.3 is 10.6 Å². The lowest BCUT2D eigenvalue weighted by Gasteiger charge is -2.33. The molecule has 0 bridgehead atoms. The first kappa shape index (κ1) is 11.0. The number of halogens is 1. The lowest BCUT2D eigenvalue weighted by molar-refractivity contribution is 0.501. The Kier molecular flexibility index (Phi) is 3.32. The maximum Gasteiger partial charge on any atom is 0.0407 e. The van der Waals surface area contributed by atoms with Crippen molar-refractivity contribution >= 4 is 21.6 Å². The Balaban J connectivity index is 2.19. The number of anilines is 1. The van der Waals surface area contributed by atoms with Gasteiger partial charge in [0.2, 0.25) is 0 Å². The predicted octanol–water partition coefficient (Wildman–Crippen LogP) is 2.69. The quantitative estimate of drug-likeness (QED) is 0.849. The third-order valence-corrected chi connectivity index (χ3v) is 3.98. The molecule has 1 aromatic rings. The lowest BCUT2D eigenvalue weighted by atomic mass is 10.0. The maximum atomic E-state index is 5.91. The summed E-state index contributed by atoms with van der Waals surface area (Å²) in [7, 11) is 0. The Morgan fingerprint density at radius 2 is 2.00 bits per heavy atom. The molecular formula is C12H17BrN2. The van der Waals surface area contributed by atoms with Gasteiger partial charge in [0.15, 0.2) is 0 Å². The summed E-state index contributed by atoms with van der Waals surface area (Å²) in [6, 6.07) is 6.78. The Labute approximate surface area is 99.6 Å². The fourth-order valence-electron chi connectivity index (χ4n) is 2.08. The van der Waals surface area contributed by atoms with E-state index in [1.807, 2.05) is 0 Å². The summed E-state index contributed by atoms with van der Waals surface area (Å²) in [6.45, 7) is 4.32. The van der Waals surface area contributed by atoms with Gasteiger partial charge in [-0.15, -0.1) is 0 Å². The molecule has 2 N–H and O–H groups in total. The molecule has 82 valence electrons. The zero-order chi connectivity index (χ0) is 10.8. The molecule has 2 rings (SSSR count). The summed E-state index contributed by atoms with van der Waals surface area (Å²) in [5.41, 5.74) is 8.58. The van der Waals surface area contributed by atoms with Crippen molar-refractivity contribution in [2.24, 2.45) is 5.73 Å². The smallest absolute Gasteiger partial charge is 0.0407 e. The van der Waals surface area contributed by atoms with Gasteiger partial charge in [0.05, 0.1) is 0 Å². The van der Waals surface area contributed by atoms with E-state index in [2.05, 4.69) is 46.0 Å². The molecule has 0 radical (unpaired) electrons. The average Bonchev–Trinajstić information content (AvgIpc) is 2.24. The van der Waals surface area contributed by atoms with Crippen LogP contribution in [0.1, 0.15) is 18.4 Å². The highest BCUT2D eigenvalue weighted by Gasteiger charge is 2.17. The van der Waals surface area contributed by atoms with Gasteiger partial charge in [-0.2, -0.15) is 0 Å². The molecule has 0 saturated carbocycles. The monoisotopic (exact) mass is 268 g/mol. The summed E-state index contributed by atoms with van der Waals surface area (Å²) in [5.74, 6) is 0. The zero-order valence-electron chi connectivity index (χ0n) is 9.04. The van der Waals surface area contributed by atoms with E-state index in [9.17, 15) is 0 Å². The molecule has 1 aliphatic heterocycles. The van der Waals surface area contributed by atoms with Crippen molar-refractivity contribution in [1.82, 2.24) is 0 Å². The van der Waals surface area contributed by atoms with Crippen molar-refractivity contribution < 1.29 is 0 Å². The number of benzene rings is 1. The normalized spacial score (nSPS) is 18.2. The SMILES string of the molecule is Cc1c(Br)cccc1N1CCC(N)CC1. The van der Waals surface area contributed by atoms with Gasteiger partial charge in [-0.1, -0.05) is 22.0 Å². The summed E-state index contributed by atoms with van der Waals surface area (Å²) in [5, 5.41) is 0. The lowest BCUT2D eigenvalue weighted by Crippen LogP contribution is -2.39. The van der Waals surface area contributed by atoms with E-state index >= 15 is 0 Å². The minimum atomic E-state index is 0.397. The summed E-state index contributed by atoms with van der Waals surface area (Å²) < 4.78 is 1.19. The minimum Gasteiger partial charge on any atom is -0.371 e. The van der Waals surface area contributed by atoms with E-state index in [0.717, 1.165) is 25.9 Å². The molecule has 1 saturated heterocycles. The van der Waals surface area contributed by atoms with Gasteiger partial charge in [-0.25, -0.2) is 0 Å². The van der Waals surface area contributed by atoms with E-state index in [4.69, 9.17) is 5.73 Å². The summed E-state index contributed by atoms with van der Waals surface area (Å²) in [4.78, 5) is 2.43. The molecule has 1 heterocycles. The van der Waals surface area contributed by atoms with Crippen molar-refractivity contribution in [3.8, 4) is 0 Å². The van der Waals surface area contributed by atoms with E-state index in [0.29, 0.717) is 6.04 Å². The van der Waals surface area contributed by atoms with Crippen LogP contribution in [0.5, 0.6) is 0 Å².